The van der Waals surface area contributed by atoms with Crippen LogP contribution < -0.4 is 4.74 Å². The summed E-state index contributed by atoms with van der Waals surface area (Å²) in [6, 6.07) is 8.29. The molecule has 0 aliphatic carbocycles. The maximum absolute atomic E-state index is 6.36. The molecule has 0 aromatic heterocycles. The van der Waals surface area contributed by atoms with Gasteiger partial charge in [0.15, 0.2) is 0 Å². The summed E-state index contributed by atoms with van der Waals surface area (Å²) in [6.07, 6.45) is 6.33. The van der Waals surface area contributed by atoms with Crippen LogP contribution in [0.3, 0.4) is 0 Å². The van der Waals surface area contributed by atoms with Crippen LogP contribution in [-0.4, -0.2) is 18.8 Å². The van der Waals surface area contributed by atoms with Crippen molar-refractivity contribution in [3.8, 4) is 5.75 Å². The molecule has 22 heavy (non-hydrogen) atoms. The van der Waals surface area contributed by atoms with E-state index in [9.17, 15) is 0 Å². The highest BCUT2D eigenvalue weighted by Crippen LogP contribution is 2.38. The van der Waals surface area contributed by atoms with Gasteiger partial charge in [0, 0.05) is 5.92 Å². The highest BCUT2D eigenvalue weighted by atomic mass is 16.5. The molecular weight excluding hydrogens is 272 g/mol. The molecule has 0 saturated carbocycles. The smallest absolute Gasteiger partial charge is 0.118 e. The lowest BCUT2D eigenvalue weighted by Crippen LogP contribution is -2.42. The summed E-state index contributed by atoms with van der Waals surface area (Å²) in [5, 5.41) is 0. The maximum atomic E-state index is 6.36. The Bertz CT molecular complexity index is 517. The number of ether oxygens (including phenoxy) is 2. The van der Waals surface area contributed by atoms with Gasteiger partial charge >= 0.3 is 0 Å². The fourth-order valence-corrected chi connectivity index (χ4v) is 3.19. The molecule has 1 heterocycles. The second-order valence-corrected chi connectivity index (χ2v) is 6.55. The van der Waals surface area contributed by atoms with Crippen molar-refractivity contribution >= 4 is 0 Å². The van der Waals surface area contributed by atoms with Gasteiger partial charge in [-0.15, -0.1) is 6.58 Å². The van der Waals surface area contributed by atoms with E-state index in [1.54, 1.807) is 7.11 Å². The fourth-order valence-electron chi connectivity index (χ4n) is 3.19. The van der Waals surface area contributed by atoms with Crippen LogP contribution in [0.1, 0.15) is 38.7 Å². The van der Waals surface area contributed by atoms with Crippen molar-refractivity contribution in [3.05, 3.63) is 54.6 Å². The van der Waals surface area contributed by atoms with Gasteiger partial charge in [-0.3, -0.25) is 0 Å². The van der Waals surface area contributed by atoms with Gasteiger partial charge in [-0.2, -0.15) is 0 Å². The molecule has 1 saturated heterocycles. The molecule has 1 aromatic rings. The predicted molar refractivity (Wildman–Crippen MR) is 92.3 cm³/mol. The van der Waals surface area contributed by atoms with Crippen LogP contribution in [0.4, 0.5) is 0 Å². The third-order valence-electron chi connectivity index (χ3n) is 4.76. The van der Waals surface area contributed by atoms with Crippen molar-refractivity contribution in [1.82, 2.24) is 0 Å². The summed E-state index contributed by atoms with van der Waals surface area (Å²) >= 11 is 0. The first-order chi connectivity index (χ1) is 10.5. The zero-order valence-corrected chi connectivity index (χ0v) is 14.1. The lowest BCUT2D eigenvalue weighted by atomic mass is 9.80. The SMILES string of the molecule is C=C[C@]1(C)CC[C@@H](C(=C)C)[C@H](CCc2ccc(OC)cc2)O1. The van der Waals surface area contributed by atoms with E-state index in [0.29, 0.717) is 5.92 Å². The largest absolute Gasteiger partial charge is 0.497 e. The van der Waals surface area contributed by atoms with Gasteiger partial charge < -0.3 is 9.47 Å². The van der Waals surface area contributed by atoms with E-state index in [0.717, 1.165) is 31.4 Å². The third kappa shape index (κ3) is 4.01. The first-order valence-electron chi connectivity index (χ1n) is 8.07. The Labute approximate surface area is 134 Å². The van der Waals surface area contributed by atoms with E-state index in [1.165, 1.54) is 11.1 Å². The Morgan fingerprint density at radius 3 is 2.64 bits per heavy atom. The van der Waals surface area contributed by atoms with Gasteiger partial charge in [0.25, 0.3) is 0 Å². The molecule has 2 rings (SSSR count). The van der Waals surface area contributed by atoms with Crippen LogP contribution in [0.15, 0.2) is 49.1 Å². The summed E-state index contributed by atoms with van der Waals surface area (Å²) in [5.41, 5.74) is 2.35. The third-order valence-corrected chi connectivity index (χ3v) is 4.76. The first kappa shape index (κ1) is 16.8. The number of benzene rings is 1. The van der Waals surface area contributed by atoms with Crippen LogP contribution in [0.5, 0.6) is 5.75 Å². The summed E-state index contributed by atoms with van der Waals surface area (Å²) in [5.74, 6) is 1.35. The van der Waals surface area contributed by atoms with Crippen molar-refractivity contribution in [2.75, 3.05) is 7.11 Å². The van der Waals surface area contributed by atoms with E-state index in [1.807, 2.05) is 18.2 Å². The standard InChI is InChI=1S/C20H28O2/c1-6-20(4)14-13-18(15(2)3)19(22-20)12-9-16-7-10-17(21-5)11-8-16/h6-8,10-11,18-19H,1-2,9,12-14H2,3-5H3/t18-,19-,20+/m0/s1. The lowest BCUT2D eigenvalue weighted by Gasteiger charge is -2.42. The van der Waals surface area contributed by atoms with Crippen molar-refractivity contribution in [2.45, 2.75) is 51.2 Å². The normalized spacial score (nSPS) is 28.1. The Morgan fingerprint density at radius 1 is 1.41 bits per heavy atom. The molecule has 1 fully saturated rings. The van der Waals surface area contributed by atoms with Gasteiger partial charge in [-0.1, -0.05) is 30.4 Å². The Kier molecular flexibility index (Phi) is 5.47. The molecular formula is C20H28O2. The molecule has 0 bridgehead atoms. The second kappa shape index (κ2) is 7.15. The summed E-state index contributed by atoms with van der Waals surface area (Å²) in [6.45, 7) is 12.3. The summed E-state index contributed by atoms with van der Waals surface area (Å²) in [4.78, 5) is 0. The average molecular weight is 300 g/mol. The Balaban J connectivity index is 2.02. The van der Waals surface area contributed by atoms with E-state index < -0.39 is 0 Å². The highest BCUT2D eigenvalue weighted by Gasteiger charge is 2.36. The molecule has 0 amide bonds. The van der Waals surface area contributed by atoms with Gasteiger partial charge in [-0.25, -0.2) is 0 Å². The highest BCUT2D eigenvalue weighted by molar-refractivity contribution is 5.27. The minimum Gasteiger partial charge on any atom is -0.497 e. The molecule has 1 aliphatic rings. The topological polar surface area (TPSA) is 18.5 Å². The fraction of sp³-hybridized carbons (Fsp3) is 0.500. The Morgan fingerprint density at radius 2 is 2.09 bits per heavy atom. The van der Waals surface area contributed by atoms with Crippen molar-refractivity contribution in [3.63, 3.8) is 0 Å². The van der Waals surface area contributed by atoms with Crippen LogP contribution in [0.25, 0.3) is 0 Å². The molecule has 1 aromatic carbocycles. The zero-order chi connectivity index (χ0) is 16.2. The molecule has 2 nitrogen and oxygen atoms in total. The zero-order valence-electron chi connectivity index (χ0n) is 14.1. The van der Waals surface area contributed by atoms with Crippen LogP contribution in [0, 0.1) is 5.92 Å². The summed E-state index contributed by atoms with van der Waals surface area (Å²) < 4.78 is 11.6. The van der Waals surface area contributed by atoms with E-state index in [4.69, 9.17) is 9.47 Å². The van der Waals surface area contributed by atoms with E-state index in [2.05, 4.69) is 39.1 Å². The van der Waals surface area contributed by atoms with Crippen LogP contribution >= 0.6 is 0 Å². The monoisotopic (exact) mass is 300 g/mol. The molecule has 0 radical (unpaired) electrons. The number of rotatable bonds is 6. The first-order valence-corrected chi connectivity index (χ1v) is 8.07. The minimum atomic E-state index is -0.198. The summed E-state index contributed by atoms with van der Waals surface area (Å²) in [7, 11) is 1.69. The van der Waals surface area contributed by atoms with E-state index in [-0.39, 0.29) is 11.7 Å². The minimum absolute atomic E-state index is 0.198. The average Bonchev–Trinajstić information content (AvgIpc) is 2.53. The molecule has 0 N–H and O–H groups in total. The molecule has 120 valence electrons. The second-order valence-electron chi connectivity index (χ2n) is 6.55. The van der Waals surface area contributed by atoms with Crippen LogP contribution in [-0.2, 0) is 11.2 Å². The van der Waals surface area contributed by atoms with Crippen molar-refractivity contribution in [2.24, 2.45) is 5.92 Å². The lowest BCUT2D eigenvalue weighted by molar-refractivity contribution is -0.112. The molecule has 2 heteroatoms. The van der Waals surface area contributed by atoms with Gasteiger partial charge in [0.1, 0.15) is 5.75 Å². The quantitative estimate of drug-likeness (QED) is 0.692. The van der Waals surface area contributed by atoms with Crippen LogP contribution in [0.2, 0.25) is 0 Å². The number of aryl methyl sites for hydroxylation is 1. The molecule has 1 aliphatic heterocycles. The Hall–Kier alpha value is -1.54. The predicted octanol–water partition coefficient (Wildman–Crippen LogP) is 4.94. The van der Waals surface area contributed by atoms with Gasteiger partial charge in [-0.05, 0) is 57.2 Å². The molecule has 0 spiro atoms. The number of methoxy groups -OCH3 is 1. The number of hydrogen-bond donors (Lipinski definition) is 0. The van der Waals surface area contributed by atoms with Gasteiger partial charge in [0.2, 0.25) is 0 Å². The number of hydrogen-bond acceptors (Lipinski definition) is 2. The van der Waals surface area contributed by atoms with Gasteiger partial charge in [0.05, 0.1) is 18.8 Å². The molecule has 0 unspecified atom stereocenters. The van der Waals surface area contributed by atoms with Crippen molar-refractivity contribution in [1.29, 1.82) is 0 Å². The molecule has 3 atom stereocenters. The maximum Gasteiger partial charge on any atom is 0.118 e. The van der Waals surface area contributed by atoms with Crippen molar-refractivity contribution < 1.29 is 9.47 Å². The van der Waals surface area contributed by atoms with E-state index >= 15 is 0 Å².